The molecule has 0 bridgehead atoms. The maximum Gasteiger partial charge on any atom is 0.123 e. The molecule has 1 aliphatic rings. The quantitative estimate of drug-likeness (QED) is 0.620. The Labute approximate surface area is 137 Å². The highest BCUT2D eigenvalue weighted by molar-refractivity contribution is 7.09. The number of nitrogens with zero attached hydrogens (tertiary/aromatic N) is 2. The average Bonchev–Trinajstić information content (AvgIpc) is 2.87. The Morgan fingerprint density at radius 1 is 1.24 bits per heavy atom. The zero-order chi connectivity index (χ0) is 14.4. The van der Waals surface area contributed by atoms with Crippen LogP contribution in [0.3, 0.4) is 0 Å². The lowest BCUT2D eigenvalue weighted by Gasteiger charge is -2.09. The molecule has 1 atom stereocenters. The molecule has 2 aromatic heterocycles. The molecule has 0 aliphatic heterocycles. The summed E-state index contributed by atoms with van der Waals surface area (Å²) in [6.45, 7) is 0.841. The summed E-state index contributed by atoms with van der Waals surface area (Å²) in [5.74, 6) is 1.41. The minimum Gasteiger partial charge on any atom is -0.327 e. The van der Waals surface area contributed by atoms with Gasteiger partial charge in [-0.25, -0.2) is 4.98 Å². The first-order valence-corrected chi connectivity index (χ1v) is 8.61. The van der Waals surface area contributed by atoms with Crippen LogP contribution in [0.1, 0.15) is 17.1 Å². The molecule has 0 radical (unpaired) electrons. The predicted octanol–water partition coefficient (Wildman–Crippen LogP) is 4.88. The van der Waals surface area contributed by atoms with E-state index in [2.05, 4.69) is 40.3 Å². The second-order valence-electron chi connectivity index (χ2n) is 5.55. The number of aromatic nitrogens is 2. The molecule has 1 aromatic carbocycles. The second kappa shape index (κ2) is 5.01. The van der Waals surface area contributed by atoms with Crippen LogP contribution in [0, 0.1) is 5.92 Å². The molecule has 2 nitrogen and oxygen atoms in total. The molecule has 2 heterocycles. The smallest absolute Gasteiger partial charge is 0.123 e. The van der Waals surface area contributed by atoms with E-state index < -0.39 is 4.33 Å². The summed E-state index contributed by atoms with van der Waals surface area (Å²) in [4.78, 5) is 6.12. The van der Waals surface area contributed by atoms with Crippen molar-refractivity contribution >= 4 is 45.6 Å². The Morgan fingerprint density at radius 3 is 2.76 bits per heavy atom. The second-order valence-corrected chi connectivity index (χ2v) is 8.12. The molecule has 0 spiro atoms. The van der Waals surface area contributed by atoms with E-state index >= 15 is 0 Å². The summed E-state index contributed by atoms with van der Waals surface area (Å²) in [6.07, 6.45) is 1.72. The van der Waals surface area contributed by atoms with Gasteiger partial charge >= 0.3 is 0 Å². The van der Waals surface area contributed by atoms with E-state index in [1.165, 1.54) is 10.4 Å². The fraction of sp³-hybridized carbons (Fsp3) is 0.312. The summed E-state index contributed by atoms with van der Waals surface area (Å²) in [7, 11) is 0. The number of para-hydroxylation sites is 2. The van der Waals surface area contributed by atoms with Gasteiger partial charge in [0.2, 0.25) is 0 Å². The van der Waals surface area contributed by atoms with Crippen molar-refractivity contribution in [2.45, 2.75) is 23.7 Å². The van der Waals surface area contributed by atoms with E-state index in [9.17, 15) is 0 Å². The van der Waals surface area contributed by atoms with Crippen molar-refractivity contribution < 1.29 is 0 Å². The number of alkyl halides is 2. The fourth-order valence-corrected chi connectivity index (χ4v) is 3.93. The molecule has 0 amide bonds. The highest BCUT2D eigenvalue weighted by Gasteiger charge is 2.51. The van der Waals surface area contributed by atoms with Gasteiger partial charge < -0.3 is 4.57 Å². The number of fused-ring (bicyclic) bond motifs is 1. The van der Waals surface area contributed by atoms with Crippen molar-refractivity contribution in [3.63, 3.8) is 0 Å². The van der Waals surface area contributed by atoms with Crippen molar-refractivity contribution in [1.29, 1.82) is 0 Å². The van der Waals surface area contributed by atoms with E-state index in [-0.39, 0.29) is 0 Å². The van der Waals surface area contributed by atoms with E-state index in [0.717, 1.165) is 30.7 Å². The average molecular weight is 337 g/mol. The molecule has 108 valence electrons. The summed E-state index contributed by atoms with van der Waals surface area (Å²) < 4.78 is 1.73. The minimum atomic E-state index is -0.550. The van der Waals surface area contributed by atoms with E-state index in [1.807, 2.05) is 6.07 Å². The number of benzene rings is 1. The molecule has 1 aliphatic carbocycles. The van der Waals surface area contributed by atoms with Gasteiger partial charge in [-0.1, -0.05) is 18.2 Å². The first kappa shape index (κ1) is 13.6. The minimum absolute atomic E-state index is 0.320. The van der Waals surface area contributed by atoms with Crippen molar-refractivity contribution in [2.75, 3.05) is 0 Å². The van der Waals surface area contributed by atoms with Gasteiger partial charge in [-0.05, 0) is 30.0 Å². The lowest BCUT2D eigenvalue weighted by atomic mass is 10.3. The van der Waals surface area contributed by atoms with Gasteiger partial charge in [-0.15, -0.1) is 34.5 Å². The van der Waals surface area contributed by atoms with Crippen molar-refractivity contribution in [1.82, 2.24) is 9.55 Å². The number of imidazole rings is 1. The van der Waals surface area contributed by atoms with Gasteiger partial charge in [0.15, 0.2) is 0 Å². The van der Waals surface area contributed by atoms with Crippen LogP contribution in [0.2, 0.25) is 0 Å². The molecule has 0 N–H and O–H groups in total. The number of halogens is 2. The van der Waals surface area contributed by atoms with Gasteiger partial charge in [0.05, 0.1) is 11.0 Å². The van der Waals surface area contributed by atoms with E-state index in [0.29, 0.717) is 5.92 Å². The SMILES string of the molecule is ClC1(Cl)C[C@@H]1Cn1c(Cc2cccs2)nc2ccccc21. The Hall–Kier alpha value is -1.03. The molecule has 3 aromatic rings. The third-order valence-corrected chi connectivity index (χ3v) is 5.81. The van der Waals surface area contributed by atoms with Crippen LogP contribution < -0.4 is 0 Å². The van der Waals surface area contributed by atoms with Crippen molar-refractivity contribution in [3.8, 4) is 0 Å². The van der Waals surface area contributed by atoms with Gasteiger partial charge in [-0.2, -0.15) is 0 Å². The van der Waals surface area contributed by atoms with E-state index in [1.54, 1.807) is 11.3 Å². The van der Waals surface area contributed by atoms with Gasteiger partial charge in [0.1, 0.15) is 10.2 Å². The molecule has 0 saturated heterocycles. The van der Waals surface area contributed by atoms with Crippen LogP contribution >= 0.6 is 34.5 Å². The van der Waals surface area contributed by atoms with Gasteiger partial charge in [0, 0.05) is 23.8 Å². The first-order valence-electron chi connectivity index (χ1n) is 6.98. The normalized spacial score (nSPS) is 20.0. The molecule has 0 unspecified atom stereocenters. The van der Waals surface area contributed by atoms with Crippen LogP contribution in [0.15, 0.2) is 41.8 Å². The maximum absolute atomic E-state index is 6.20. The Balaban J connectivity index is 1.74. The number of thiophene rings is 1. The predicted molar refractivity (Wildman–Crippen MR) is 89.4 cm³/mol. The van der Waals surface area contributed by atoms with Crippen molar-refractivity contribution in [2.24, 2.45) is 5.92 Å². The largest absolute Gasteiger partial charge is 0.327 e. The van der Waals surface area contributed by atoms with Crippen LogP contribution in [0.4, 0.5) is 0 Å². The number of rotatable bonds is 4. The first-order chi connectivity index (χ1) is 10.1. The number of hydrogen-bond donors (Lipinski definition) is 0. The van der Waals surface area contributed by atoms with Crippen molar-refractivity contribution in [3.05, 3.63) is 52.5 Å². The van der Waals surface area contributed by atoms with Crippen LogP contribution in [0.25, 0.3) is 11.0 Å². The molecule has 5 heteroatoms. The Morgan fingerprint density at radius 2 is 2.05 bits per heavy atom. The zero-order valence-corrected chi connectivity index (χ0v) is 13.6. The topological polar surface area (TPSA) is 17.8 Å². The zero-order valence-electron chi connectivity index (χ0n) is 11.3. The lowest BCUT2D eigenvalue weighted by molar-refractivity contribution is 0.613. The summed E-state index contributed by atoms with van der Waals surface area (Å²) in [6, 6.07) is 12.5. The third kappa shape index (κ3) is 2.59. The lowest BCUT2D eigenvalue weighted by Crippen LogP contribution is -2.08. The molecule has 1 fully saturated rings. The molecule has 21 heavy (non-hydrogen) atoms. The molecule has 4 rings (SSSR count). The van der Waals surface area contributed by atoms with Gasteiger partial charge in [-0.3, -0.25) is 0 Å². The summed E-state index contributed by atoms with van der Waals surface area (Å²) in [5.41, 5.74) is 2.21. The van der Waals surface area contributed by atoms with Gasteiger partial charge in [0.25, 0.3) is 0 Å². The summed E-state index contributed by atoms with van der Waals surface area (Å²) >= 11 is 14.2. The molecule has 1 saturated carbocycles. The molecular weight excluding hydrogens is 323 g/mol. The monoisotopic (exact) mass is 336 g/mol. The maximum atomic E-state index is 6.20. The highest BCUT2D eigenvalue weighted by atomic mass is 35.5. The summed E-state index contributed by atoms with van der Waals surface area (Å²) in [5, 5.41) is 2.10. The Bertz CT molecular complexity index is 777. The van der Waals surface area contributed by atoms with E-state index in [4.69, 9.17) is 28.2 Å². The third-order valence-electron chi connectivity index (χ3n) is 4.00. The standard InChI is InChI=1S/C16H14Cl2N2S/c17-16(18)9-11(16)10-20-14-6-2-1-5-13(14)19-15(20)8-12-4-3-7-21-12/h1-7,11H,8-10H2/t11-/m1/s1. The fourth-order valence-electron chi connectivity index (χ4n) is 2.72. The highest BCUT2D eigenvalue weighted by Crippen LogP contribution is 2.54. The molecular formula is C16H14Cl2N2S. The van der Waals surface area contributed by atoms with Crippen LogP contribution in [0.5, 0.6) is 0 Å². The van der Waals surface area contributed by atoms with Crippen LogP contribution in [-0.4, -0.2) is 13.9 Å². The van der Waals surface area contributed by atoms with Crippen LogP contribution in [-0.2, 0) is 13.0 Å². The Kier molecular flexibility index (Phi) is 3.25. The number of hydrogen-bond acceptors (Lipinski definition) is 2.